The maximum absolute atomic E-state index is 12.9. The van der Waals surface area contributed by atoms with Crippen molar-refractivity contribution in [2.75, 3.05) is 19.6 Å². The molecule has 26 heavy (non-hydrogen) atoms. The molecule has 8 heteroatoms. The summed E-state index contributed by atoms with van der Waals surface area (Å²) in [5.74, 6) is -0.0249. The van der Waals surface area contributed by atoms with Gasteiger partial charge in [-0.3, -0.25) is 4.79 Å². The third kappa shape index (κ3) is 4.34. The summed E-state index contributed by atoms with van der Waals surface area (Å²) in [5.41, 5.74) is 7.04. The molecule has 1 amide bonds. The zero-order chi connectivity index (χ0) is 18.0. The molecule has 2 N–H and O–H groups in total. The first-order valence-electron chi connectivity index (χ1n) is 8.09. The van der Waals surface area contributed by atoms with E-state index in [0.29, 0.717) is 19.6 Å². The predicted molar refractivity (Wildman–Crippen MR) is 101 cm³/mol. The highest BCUT2D eigenvalue weighted by molar-refractivity contribution is 7.14. The molecule has 0 saturated carbocycles. The molecule has 1 aromatic heterocycles. The number of alkyl halides is 2. The molecule has 1 saturated heterocycles. The Kier molecular flexibility index (Phi) is 6.97. The number of carbonyl (C=O) groups excluding carboxylic acids is 1. The lowest BCUT2D eigenvalue weighted by atomic mass is 9.89. The van der Waals surface area contributed by atoms with Crippen LogP contribution in [0.2, 0.25) is 0 Å². The van der Waals surface area contributed by atoms with E-state index in [1.807, 2.05) is 30.3 Å². The standard InChI is InChI=1S/C18H20F2N2O2S.ClH/c1-11-7-15(24-18(19)20)16(25-11)17(23)22-9-13(8-21)14(10-22)12-5-3-2-4-6-12;/h2-7,13-14,18H,8-10,21H2,1H3;1H/t13-,14+;/m1./s1. The van der Waals surface area contributed by atoms with Gasteiger partial charge in [-0.1, -0.05) is 30.3 Å². The Labute approximate surface area is 161 Å². The van der Waals surface area contributed by atoms with E-state index in [4.69, 9.17) is 5.73 Å². The van der Waals surface area contributed by atoms with E-state index in [9.17, 15) is 13.6 Å². The summed E-state index contributed by atoms with van der Waals surface area (Å²) in [6, 6.07) is 11.4. The van der Waals surface area contributed by atoms with Gasteiger partial charge < -0.3 is 15.4 Å². The first-order valence-corrected chi connectivity index (χ1v) is 8.90. The van der Waals surface area contributed by atoms with Crippen LogP contribution in [0.4, 0.5) is 8.78 Å². The van der Waals surface area contributed by atoms with E-state index < -0.39 is 6.61 Å². The third-order valence-corrected chi connectivity index (χ3v) is 5.51. The van der Waals surface area contributed by atoms with Gasteiger partial charge in [0.25, 0.3) is 5.91 Å². The van der Waals surface area contributed by atoms with Gasteiger partial charge in [0.05, 0.1) is 0 Å². The van der Waals surface area contributed by atoms with Crippen LogP contribution in [0.15, 0.2) is 36.4 Å². The van der Waals surface area contributed by atoms with Crippen molar-refractivity contribution in [3.63, 3.8) is 0 Å². The van der Waals surface area contributed by atoms with Crippen molar-refractivity contribution in [3.8, 4) is 5.75 Å². The number of amides is 1. The fourth-order valence-corrected chi connectivity index (χ4v) is 4.23. The number of hydrogen-bond donors (Lipinski definition) is 1. The molecule has 4 nitrogen and oxygen atoms in total. The van der Waals surface area contributed by atoms with Crippen LogP contribution in [0.3, 0.4) is 0 Å². The number of likely N-dealkylation sites (tertiary alicyclic amines) is 1. The van der Waals surface area contributed by atoms with Crippen LogP contribution in [0.25, 0.3) is 0 Å². The Hall–Kier alpha value is -1.70. The molecule has 0 spiro atoms. The smallest absolute Gasteiger partial charge is 0.387 e. The summed E-state index contributed by atoms with van der Waals surface area (Å²) in [6.45, 7) is 0.315. The highest BCUT2D eigenvalue weighted by Crippen LogP contribution is 2.36. The van der Waals surface area contributed by atoms with Gasteiger partial charge in [0.1, 0.15) is 10.6 Å². The number of carbonyl (C=O) groups is 1. The molecule has 0 aliphatic carbocycles. The van der Waals surface area contributed by atoms with Crippen LogP contribution in [-0.2, 0) is 0 Å². The van der Waals surface area contributed by atoms with Crippen molar-refractivity contribution in [2.45, 2.75) is 19.5 Å². The van der Waals surface area contributed by atoms with Crippen LogP contribution >= 0.6 is 23.7 Å². The molecule has 142 valence electrons. The van der Waals surface area contributed by atoms with Gasteiger partial charge in [-0.2, -0.15) is 8.78 Å². The van der Waals surface area contributed by atoms with Crippen molar-refractivity contribution in [1.82, 2.24) is 4.90 Å². The molecule has 3 rings (SSSR count). The lowest BCUT2D eigenvalue weighted by Crippen LogP contribution is -2.29. The Morgan fingerprint density at radius 1 is 1.35 bits per heavy atom. The summed E-state index contributed by atoms with van der Waals surface area (Å²) in [7, 11) is 0. The van der Waals surface area contributed by atoms with Crippen LogP contribution in [0.1, 0.15) is 26.0 Å². The maximum Gasteiger partial charge on any atom is 0.387 e. The highest BCUT2D eigenvalue weighted by atomic mass is 35.5. The van der Waals surface area contributed by atoms with Crippen molar-refractivity contribution in [2.24, 2.45) is 11.7 Å². The second-order valence-corrected chi connectivity index (χ2v) is 7.41. The van der Waals surface area contributed by atoms with Crippen molar-refractivity contribution >= 4 is 29.7 Å². The first kappa shape index (κ1) is 20.6. The normalized spacial score (nSPS) is 19.5. The molecule has 2 heterocycles. The van der Waals surface area contributed by atoms with Crippen LogP contribution in [0.5, 0.6) is 5.75 Å². The molecule has 1 aliphatic heterocycles. The molecule has 1 fully saturated rings. The van der Waals surface area contributed by atoms with Crippen molar-refractivity contribution in [1.29, 1.82) is 0 Å². The quantitative estimate of drug-likeness (QED) is 0.825. The molecular formula is C18H21ClF2N2O2S. The van der Waals surface area contributed by atoms with E-state index in [2.05, 4.69) is 4.74 Å². The van der Waals surface area contributed by atoms with E-state index in [1.165, 1.54) is 17.4 Å². The minimum atomic E-state index is -2.95. The highest BCUT2D eigenvalue weighted by Gasteiger charge is 2.37. The van der Waals surface area contributed by atoms with Gasteiger partial charge in [0, 0.05) is 23.9 Å². The molecule has 1 aliphatic rings. The molecule has 0 unspecified atom stereocenters. The van der Waals surface area contributed by atoms with Gasteiger partial charge in [-0.25, -0.2) is 0 Å². The van der Waals surface area contributed by atoms with E-state index in [-0.39, 0.29) is 40.8 Å². The summed E-state index contributed by atoms with van der Waals surface area (Å²) in [5, 5.41) is 0. The number of aryl methyl sites for hydroxylation is 1. The SMILES string of the molecule is Cc1cc(OC(F)F)c(C(=O)N2C[C@@H](CN)[C@H](c3ccccc3)C2)s1.Cl. The van der Waals surface area contributed by atoms with Crippen molar-refractivity contribution < 1.29 is 18.3 Å². The molecule has 2 aromatic rings. The number of nitrogens with zero attached hydrogens (tertiary/aromatic N) is 1. The summed E-state index contributed by atoms with van der Waals surface area (Å²) in [4.78, 5) is 15.5. The number of hydrogen-bond acceptors (Lipinski definition) is 4. The predicted octanol–water partition coefficient (Wildman–Crippen LogP) is 3.89. The molecule has 0 radical (unpaired) electrons. The number of halogens is 3. The van der Waals surface area contributed by atoms with E-state index in [0.717, 1.165) is 10.4 Å². The monoisotopic (exact) mass is 402 g/mol. The number of benzene rings is 1. The Morgan fingerprint density at radius 2 is 2.04 bits per heavy atom. The minimum absolute atomic E-state index is 0. The van der Waals surface area contributed by atoms with Crippen molar-refractivity contribution in [3.05, 3.63) is 51.7 Å². The lowest BCUT2D eigenvalue weighted by molar-refractivity contribution is -0.0499. The zero-order valence-corrected chi connectivity index (χ0v) is 15.9. The minimum Gasteiger partial charge on any atom is -0.433 e. The second kappa shape index (κ2) is 8.79. The number of ether oxygens (including phenoxy) is 1. The summed E-state index contributed by atoms with van der Waals surface area (Å²) >= 11 is 1.18. The molecular weight excluding hydrogens is 382 g/mol. The number of thiophene rings is 1. The lowest BCUT2D eigenvalue weighted by Gasteiger charge is -2.17. The third-order valence-electron chi connectivity index (χ3n) is 4.49. The van der Waals surface area contributed by atoms with Crippen LogP contribution in [0, 0.1) is 12.8 Å². The van der Waals surface area contributed by atoms with E-state index >= 15 is 0 Å². The van der Waals surface area contributed by atoms with Gasteiger partial charge in [-0.15, -0.1) is 23.7 Å². The Morgan fingerprint density at radius 3 is 2.65 bits per heavy atom. The summed E-state index contributed by atoms with van der Waals surface area (Å²) in [6.07, 6.45) is 0. The van der Waals surface area contributed by atoms with Crippen LogP contribution in [-0.4, -0.2) is 37.1 Å². The average molecular weight is 403 g/mol. The molecule has 1 aromatic carbocycles. The topological polar surface area (TPSA) is 55.6 Å². The van der Waals surface area contributed by atoms with Gasteiger partial charge in [0.2, 0.25) is 0 Å². The molecule has 0 bridgehead atoms. The van der Waals surface area contributed by atoms with Gasteiger partial charge in [-0.05, 0) is 31.0 Å². The number of nitrogens with two attached hydrogens (primary N) is 1. The molecule has 2 atom stereocenters. The zero-order valence-electron chi connectivity index (χ0n) is 14.2. The Bertz CT molecular complexity index is 742. The van der Waals surface area contributed by atoms with Gasteiger partial charge >= 0.3 is 6.61 Å². The maximum atomic E-state index is 12.9. The fourth-order valence-electron chi connectivity index (χ4n) is 3.32. The fraction of sp³-hybridized carbons (Fsp3) is 0.389. The first-order chi connectivity index (χ1) is 12.0. The average Bonchev–Trinajstić information content (AvgIpc) is 3.18. The Balaban J connectivity index is 0.00000243. The summed E-state index contributed by atoms with van der Waals surface area (Å²) < 4.78 is 29.7. The van der Waals surface area contributed by atoms with E-state index in [1.54, 1.807) is 11.8 Å². The largest absolute Gasteiger partial charge is 0.433 e. The van der Waals surface area contributed by atoms with Gasteiger partial charge in [0.15, 0.2) is 0 Å². The van der Waals surface area contributed by atoms with Crippen LogP contribution < -0.4 is 10.5 Å². The number of rotatable bonds is 5. The second-order valence-electron chi connectivity index (χ2n) is 6.15.